The van der Waals surface area contributed by atoms with Gasteiger partial charge in [0.05, 0.1) is 22.3 Å². The van der Waals surface area contributed by atoms with Crippen LogP contribution >= 0.6 is 23.2 Å². The largest absolute Gasteiger partial charge is 0.349 e. The minimum Gasteiger partial charge on any atom is -0.349 e. The van der Waals surface area contributed by atoms with Crippen molar-refractivity contribution in [2.45, 2.75) is 6.54 Å². The Balaban J connectivity index is 2.02. The van der Waals surface area contributed by atoms with E-state index in [-0.39, 0.29) is 0 Å². The smallest absolute Gasteiger partial charge is 0.245 e. The predicted molar refractivity (Wildman–Crippen MR) is 72.3 cm³/mol. The second-order valence-corrected chi connectivity index (χ2v) is 4.66. The summed E-state index contributed by atoms with van der Waals surface area (Å²) >= 11 is 11.8. The zero-order valence-corrected chi connectivity index (χ0v) is 11.4. The van der Waals surface area contributed by atoms with Crippen LogP contribution in [0.2, 0.25) is 10.0 Å². The molecule has 0 aliphatic carbocycles. The van der Waals surface area contributed by atoms with E-state index >= 15 is 0 Å². The maximum atomic E-state index is 6.01. The fourth-order valence-corrected chi connectivity index (χ4v) is 1.72. The zero-order valence-electron chi connectivity index (χ0n) is 9.91. The van der Waals surface area contributed by atoms with Gasteiger partial charge in [0.15, 0.2) is 0 Å². The lowest BCUT2D eigenvalue weighted by Crippen LogP contribution is -2.10. The third-order valence-electron chi connectivity index (χ3n) is 2.18. The van der Waals surface area contributed by atoms with Gasteiger partial charge in [-0.15, -0.1) is 5.10 Å². The first-order valence-electron chi connectivity index (χ1n) is 5.20. The van der Waals surface area contributed by atoms with Gasteiger partial charge in [-0.1, -0.05) is 23.2 Å². The van der Waals surface area contributed by atoms with Crippen LogP contribution in [0.5, 0.6) is 0 Å². The molecule has 0 atom stereocenters. The standard InChI is InChI=1S/C10H12Cl2N6/c1-18(2)10-15-9(16-17-10)14-5-8-7(12)3-6(11)4-13-8/h3-4H,5H2,1-2H3,(H2,14,15,16,17). The van der Waals surface area contributed by atoms with Crippen molar-refractivity contribution >= 4 is 35.1 Å². The molecule has 0 aliphatic heterocycles. The van der Waals surface area contributed by atoms with E-state index in [1.54, 1.807) is 17.2 Å². The van der Waals surface area contributed by atoms with E-state index in [9.17, 15) is 0 Å². The fraction of sp³-hybridized carbons (Fsp3) is 0.300. The van der Waals surface area contributed by atoms with Crippen LogP contribution in [0, 0.1) is 0 Å². The molecular formula is C10H12Cl2N6. The average Bonchev–Trinajstić information content (AvgIpc) is 2.76. The van der Waals surface area contributed by atoms with Gasteiger partial charge in [-0.3, -0.25) is 4.98 Å². The number of pyridine rings is 1. The number of rotatable bonds is 4. The maximum absolute atomic E-state index is 6.01. The van der Waals surface area contributed by atoms with Crippen molar-refractivity contribution in [2.75, 3.05) is 24.3 Å². The van der Waals surface area contributed by atoms with Crippen molar-refractivity contribution in [3.8, 4) is 0 Å². The highest BCUT2D eigenvalue weighted by molar-refractivity contribution is 6.34. The molecule has 2 aromatic rings. The number of anilines is 2. The Morgan fingerprint density at radius 1 is 1.39 bits per heavy atom. The van der Waals surface area contributed by atoms with Crippen LogP contribution in [0.3, 0.4) is 0 Å². The normalized spacial score (nSPS) is 10.4. The summed E-state index contributed by atoms with van der Waals surface area (Å²) in [6.45, 7) is 0.443. The Morgan fingerprint density at radius 2 is 2.17 bits per heavy atom. The molecule has 0 spiro atoms. The molecule has 0 bridgehead atoms. The SMILES string of the molecule is CN(C)c1n[nH]c(NCc2ncc(Cl)cc2Cl)n1. The molecule has 18 heavy (non-hydrogen) atoms. The lowest BCUT2D eigenvalue weighted by atomic mass is 10.3. The topological polar surface area (TPSA) is 69.7 Å². The van der Waals surface area contributed by atoms with E-state index < -0.39 is 0 Å². The summed E-state index contributed by atoms with van der Waals surface area (Å²) in [7, 11) is 3.73. The van der Waals surface area contributed by atoms with Gasteiger partial charge in [0.1, 0.15) is 0 Å². The van der Waals surface area contributed by atoms with E-state index in [0.29, 0.717) is 34.2 Å². The van der Waals surface area contributed by atoms with Crippen LogP contribution < -0.4 is 10.2 Å². The van der Waals surface area contributed by atoms with Crippen LogP contribution in [0.1, 0.15) is 5.69 Å². The number of hydrogen-bond acceptors (Lipinski definition) is 5. The average molecular weight is 287 g/mol. The van der Waals surface area contributed by atoms with E-state index in [1.165, 1.54) is 0 Å². The van der Waals surface area contributed by atoms with E-state index in [1.807, 2.05) is 14.1 Å². The molecule has 0 amide bonds. The van der Waals surface area contributed by atoms with Gasteiger partial charge in [-0.05, 0) is 6.07 Å². The third kappa shape index (κ3) is 3.02. The molecule has 2 rings (SSSR count). The van der Waals surface area contributed by atoms with Gasteiger partial charge in [0.2, 0.25) is 11.9 Å². The zero-order chi connectivity index (χ0) is 13.1. The molecule has 0 saturated carbocycles. The Morgan fingerprint density at radius 3 is 2.78 bits per heavy atom. The first kappa shape index (κ1) is 12.9. The quantitative estimate of drug-likeness (QED) is 0.902. The maximum Gasteiger partial charge on any atom is 0.245 e. The van der Waals surface area contributed by atoms with Gasteiger partial charge in [0.25, 0.3) is 0 Å². The third-order valence-corrected chi connectivity index (χ3v) is 2.71. The predicted octanol–water partition coefficient (Wildman–Crippen LogP) is 2.18. The second kappa shape index (κ2) is 5.41. The van der Waals surface area contributed by atoms with Gasteiger partial charge in [-0.25, -0.2) is 5.10 Å². The van der Waals surface area contributed by atoms with Crippen molar-refractivity contribution in [1.29, 1.82) is 0 Å². The van der Waals surface area contributed by atoms with E-state index in [0.717, 1.165) is 0 Å². The highest BCUT2D eigenvalue weighted by Crippen LogP contribution is 2.19. The van der Waals surface area contributed by atoms with Crippen molar-refractivity contribution < 1.29 is 0 Å². The Labute approximate surface area is 114 Å². The number of H-pyrrole nitrogens is 1. The van der Waals surface area contributed by atoms with Gasteiger partial charge in [-0.2, -0.15) is 4.98 Å². The van der Waals surface area contributed by atoms with E-state index in [2.05, 4.69) is 25.5 Å². The number of nitrogens with zero attached hydrogens (tertiary/aromatic N) is 4. The molecule has 2 heterocycles. The molecule has 96 valence electrons. The Bertz CT molecular complexity index is 539. The molecule has 2 N–H and O–H groups in total. The lowest BCUT2D eigenvalue weighted by molar-refractivity contribution is 0.990. The number of aromatic amines is 1. The van der Waals surface area contributed by atoms with Crippen molar-refractivity contribution in [3.63, 3.8) is 0 Å². The molecular weight excluding hydrogens is 275 g/mol. The first-order chi connectivity index (χ1) is 8.56. The van der Waals surface area contributed by atoms with Crippen LogP contribution in [-0.2, 0) is 6.54 Å². The molecule has 8 heteroatoms. The second-order valence-electron chi connectivity index (χ2n) is 3.81. The first-order valence-corrected chi connectivity index (χ1v) is 5.95. The molecule has 0 unspecified atom stereocenters. The van der Waals surface area contributed by atoms with Gasteiger partial charge < -0.3 is 10.2 Å². The molecule has 6 nitrogen and oxygen atoms in total. The Kier molecular flexibility index (Phi) is 3.88. The minimum absolute atomic E-state index is 0.443. The number of aromatic nitrogens is 4. The minimum atomic E-state index is 0.443. The van der Waals surface area contributed by atoms with Crippen LogP contribution in [0.15, 0.2) is 12.3 Å². The molecule has 0 radical (unpaired) electrons. The van der Waals surface area contributed by atoms with Gasteiger partial charge >= 0.3 is 0 Å². The molecule has 0 aromatic carbocycles. The van der Waals surface area contributed by atoms with Crippen molar-refractivity contribution in [1.82, 2.24) is 20.2 Å². The van der Waals surface area contributed by atoms with Crippen molar-refractivity contribution in [3.05, 3.63) is 28.0 Å². The lowest BCUT2D eigenvalue weighted by Gasteiger charge is -2.05. The summed E-state index contributed by atoms with van der Waals surface area (Å²) in [6, 6.07) is 1.65. The highest BCUT2D eigenvalue weighted by atomic mass is 35.5. The molecule has 0 aliphatic rings. The van der Waals surface area contributed by atoms with E-state index in [4.69, 9.17) is 23.2 Å². The van der Waals surface area contributed by atoms with Crippen molar-refractivity contribution in [2.24, 2.45) is 0 Å². The summed E-state index contributed by atoms with van der Waals surface area (Å²) in [5.41, 5.74) is 0.698. The molecule has 0 fully saturated rings. The monoisotopic (exact) mass is 286 g/mol. The fourth-order valence-electron chi connectivity index (χ4n) is 1.27. The number of nitrogens with one attached hydrogen (secondary N) is 2. The summed E-state index contributed by atoms with van der Waals surface area (Å²) in [5.74, 6) is 1.17. The summed E-state index contributed by atoms with van der Waals surface area (Å²) in [5, 5.41) is 10.9. The summed E-state index contributed by atoms with van der Waals surface area (Å²) < 4.78 is 0. The van der Waals surface area contributed by atoms with Crippen LogP contribution in [0.4, 0.5) is 11.9 Å². The van der Waals surface area contributed by atoms with Crippen LogP contribution in [-0.4, -0.2) is 34.3 Å². The Hall–Kier alpha value is -1.53. The summed E-state index contributed by atoms with van der Waals surface area (Å²) in [6.07, 6.45) is 1.55. The highest BCUT2D eigenvalue weighted by Gasteiger charge is 2.06. The molecule has 2 aromatic heterocycles. The number of halogens is 2. The summed E-state index contributed by atoms with van der Waals surface area (Å²) in [4.78, 5) is 10.2. The molecule has 0 saturated heterocycles. The number of hydrogen-bond donors (Lipinski definition) is 2. The van der Waals surface area contributed by atoms with Crippen LogP contribution in [0.25, 0.3) is 0 Å². The van der Waals surface area contributed by atoms with Gasteiger partial charge in [0, 0.05) is 20.3 Å².